The van der Waals surface area contributed by atoms with Crippen molar-refractivity contribution in [3.63, 3.8) is 0 Å². The van der Waals surface area contributed by atoms with Gasteiger partial charge in [-0.05, 0) is 49.7 Å². The van der Waals surface area contributed by atoms with E-state index in [0.29, 0.717) is 13.2 Å². The van der Waals surface area contributed by atoms with Crippen molar-refractivity contribution >= 4 is 11.4 Å². The molecule has 4 aromatic rings. The summed E-state index contributed by atoms with van der Waals surface area (Å²) >= 11 is 0. The summed E-state index contributed by atoms with van der Waals surface area (Å²) < 4.78 is 12.7. The first-order valence-electron chi connectivity index (χ1n) is 12.6. The van der Waals surface area contributed by atoms with Gasteiger partial charge < -0.3 is 24.7 Å². The van der Waals surface area contributed by atoms with Gasteiger partial charge in [-0.2, -0.15) is 0 Å². The quantitative estimate of drug-likeness (QED) is 0.358. The van der Waals surface area contributed by atoms with Crippen LogP contribution in [0.5, 0.6) is 11.5 Å². The van der Waals surface area contributed by atoms with Crippen molar-refractivity contribution < 1.29 is 9.47 Å². The number of para-hydroxylation sites is 1. The number of ether oxygens (including phenoxy) is 2. The van der Waals surface area contributed by atoms with E-state index in [2.05, 4.69) is 56.4 Å². The molecule has 0 saturated carbocycles. The second kappa shape index (κ2) is 9.71. The number of nitrogens with one attached hydrogen (secondary N) is 2. The summed E-state index contributed by atoms with van der Waals surface area (Å²) in [7, 11) is 0. The van der Waals surface area contributed by atoms with Crippen LogP contribution in [-0.4, -0.2) is 34.6 Å². The molecule has 2 aromatic heterocycles. The van der Waals surface area contributed by atoms with E-state index < -0.39 is 0 Å². The third kappa shape index (κ3) is 4.80. The normalized spacial score (nSPS) is 17.4. The van der Waals surface area contributed by atoms with Crippen LogP contribution in [0.1, 0.15) is 47.3 Å². The highest BCUT2D eigenvalue weighted by atomic mass is 16.5. The highest BCUT2D eigenvalue weighted by Crippen LogP contribution is 2.43. The minimum absolute atomic E-state index is 0.0204. The van der Waals surface area contributed by atoms with Gasteiger partial charge in [0.05, 0.1) is 12.6 Å². The Bertz CT molecular complexity index is 1500. The van der Waals surface area contributed by atoms with E-state index in [9.17, 15) is 4.79 Å². The van der Waals surface area contributed by atoms with Crippen molar-refractivity contribution in [2.45, 2.75) is 32.4 Å². The maximum Gasteiger partial charge on any atom is 0.249 e. The maximum absolute atomic E-state index is 11.8. The molecule has 2 aliphatic rings. The van der Waals surface area contributed by atoms with Gasteiger partial charge in [-0.1, -0.05) is 18.2 Å². The van der Waals surface area contributed by atoms with Crippen LogP contribution in [0.25, 0.3) is 0 Å². The van der Waals surface area contributed by atoms with E-state index in [0.717, 1.165) is 64.0 Å². The maximum atomic E-state index is 11.8. The Labute approximate surface area is 215 Å². The lowest BCUT2D eigenvalue weighted by Gasteiger charge is -2.36. The minimum Gasteiger partial charge on any atom is -0.456 e. The Balaban J connectivity index is 1.22. The molecule has 2 atom stereocenters. The van der Waals surface area contributed by atoms with Crippen LogP contribution < -0.4 is 20.5 Å². The molecule has 0 amide bonds. The molecule has 2 unspecified atom stereocenters. The number of aryl methyl sites for hydroxylation is 1. The van der Waals surface area contributed by atoms with Crippen LogP contribution in [0.15, 0.2) is 71.8 Å². The van der Waals surface area contributed by atoms with Crippen molar-refractivity contribution in [1.82, 2.24) is 15.0 Å². The van der Waals surface area contributed by atoms with Gasteiger partial charge in [0.1, 0.15) is 23.4 Å². The summed E-state index contributed by atoms with van der Waals surface area (Å²) in [5, 5.41) is 3.52. The van der Waals surface area contributed by atoms with Crippen LogP contribution in [0.4, 0.5) is 11.4 Å². The summed E-state index contributed by atoms with van der Waals surface area (Å²) in [5.74, 6) is 2.49. The third-order valence-electron chi connectivity index (χ3n) is 6.90. The smallest absolute Gasteiger partial charge is 0.249 e. The number of hydrogen-bond donors (Lipinski definition) is 2. The number of aromatic amines is 1. The zero-order valence-electron chi connectivity index (χ0n) is 20.9. The number of nitrogens with zero attached hydrogens (tertiary/aromatic N) is 3. The number of aromatic nitrogens is 3. The lowest BCUT2D eigenvalue weighted by atomic mass is 9.95. The van der Waals surface area contributed by atoms with E-state index in [1.54, 1.807) is 18.5 Å². The number of pyridine rings is 1. The Morgan fingerprint density at radius 1 is 1.14 bits per heavy atom. The molecule has 8 nitrogen and oxygen atoms in total. The van der Waals surface area contributed by atoms with E-state index in [-0.39, 0.29) is 17.7 Å². The number of fused-ring (bicyclic) bond motifs is 2. The number of benzene rings is 2. The molecular formula is C29H29N5O3. The summed E-state index contributed by atoms with van der Waals surface area (Å²) in [6, 6.07) is 17.9. The molecule has 8 heteroatoms. The number of rotatable bonds is 5. The van der Waals surface area contributed by atoms with Gasteiger partial charge in [0.15, 0.2) is 0 Å². The fourth-order valence-electron chi connectivity index (χ4n) is 5.04. The molecule has 0 bridgehead atoms. The third-order valence-corrected chi connectivity index (χ3v) is 6.90. The van der Waals surface area contributed by atoms with Gasteiger partial charge in [-0.15, -0.1) is 0 Å². The van der Waals surface area contributed by atoms with Gasteiger partial charge in [0, 0.05) is 66.2 Å². The van der Waals surface area contributed by atoms with Crippen LogP contribution in [-0.2, 0) is 11.2 Å². The highest BCUT2D eigenvalue weighted by molar-refractivity contribution is 5.59. The zero-order chi connectivity index (χ0) is 25.4. The molecule has 2 aliphatic heterocycles. The van der Waals surface area contributed by atoms with Crippen molar-refractivity contribution in [2.75, 3.05) is 29.9 Å². The standard InChI is InChI=1S/C29H29N5O3/c1-18-8-10-31-29(32-18)19(2)33-22-6-7-25-21(15-22)14-20-4-3-5-24(28(20)37-25)26-17-34(12-13-36-26)23-9-11-30-27(35)16-23/h3-11,15-16,19,26,33H,12-14,17H2,1-2H3,(H,30,35). The molecule has 1 saturated heterocycles. The van der Waals surface area contributed by atoms with Gasteiger partial charge >= 0.3 is 0 Å². The average molecular weight is 496 g/mol. The van der Waals surface area contributed by atoms with E-state index in [4.69, 9.17) is 9.47 Å². The van der Waals surface area contributed by atoms with Gasteiger partial charge in [0.25, 0.3) is 0 Å². The number of anilines is 2. The monoisotopic (exact) mass is 495 g/mol. The van der Waals surface area contributed by atoms with Crippen molar-refractivity contribution in [3.8, 4) is 11.5 Å². The summed E-state index contributed by atoms with van der Waals surface area (Å²) in [6.45, 7) is 6.00. The minimum atomic E-state index is -0.152. The van der Waals surface area contributed by atoms with Gasteiger partial charge in [-0.3, -0.25) is 4.79 Å². The Kier molecular flexibility index (Phi) is 6.10. The van der Waals surface area contributed by atoms with Crippen LogP contribution in [0.3, 0.4) is 0 Å². The van der Waals surface area contributed by atoms with Crippen LogP contribution >= 0.6 is 0 Å². The molecule has 0 radical (unpaired) electrons. The predicted octanol–water partition coefficient (Wildman–Crippen LogP) is 4.92. The van der Waals surface area contributed by atoms with Crippen molar-refractivity contribution in [1.29, 1.82) is 0 Å². The SMILES string of the molecule is Cc1ccnc(C(C)Nc2ccc3c(c2)Cc2cccc(C4CN(c5cc[nH]c(=O)c5)CCO4)c2O3)n1. The number of hydrogen-bond acceptors (Lipinski definition) is 7. The average Bonchev–Trinajstić information content (AvgIpc) is 2.91. The molecule has 37 heavy (non-hydrogen) atoms. The fraction of sp³-hybridized carbons (Fsp3) is 0.276. The zero-order valence-corrected chi connectivity index (χ0v) is 20.9. The lowest BCUT2D eigenvalue weighted by Crippen LogP contribution is -2.39. The first kappa shape index (κ1) is 23.2. The molecule has 6 rings (SSSR count). The van der Waals surface area contributed by atoms with Crippen molar-refractivity contribution in [3.05, 3.63) is 106 Å². The second-order valence-corrected chi connectivity index (χ2v) is 9.58. The molecule has 1 fully saturated rings. The molecule has 4 heterocycles. The van der Waals surface area contributed by atoms with Crippen molar-refractivity contribution in [2.24, 2.45) is 0 Å². The Morgan fingerprint density at radius 2 is 2.05 bits per heavy atom. The number of H-pyrrole nitrogens is 1. The molecule has 0 spiro atoms. The van der Waals surface area contributed by atoms with Gasteiger partial charge in [0.2, 0.25) is 5.56 Å². The van der Waals surface area contributed by atoms with E-state index in [1.165, 1.54) is 0 Å². The second-order valence-electron chi connectivity index (χ2n) is 9.58. The lowest BCUT2D eigenvalue weighted by molar-refractivity contribution is 0.0384. The molecular weight excluding hydrogens is 466 g/mol. The Morgan fingerprint density at radius 3 is 2.92 bits per heavy atom. The largest absolute Gasteiger partial charge is 0.456 e. The van der Waals surface area contributed by atoms with E-state index >= 15 is 0 Å². The fourth-order valence-corrected chi connectivity index (χ4v) is 5.04. The summed E-state index contributed by atoms with van der Waals surface area (Å²) in [5.41, 5.74) is 6.04. The predicted molar refractivity (Wildman–Crippen MR) is 143 cm³/mol. The first-order valence-corrected chi connectivity index (χ1v) is 12.6. The molecule has 0 aliphatic carbocycles. The summed E-state index contributed by atoms with van der Waals surface area (Å²) in [6.07, 6.45) is 4.10. The highest BCUT2D eigenvalue weighted by Gasteiger charge is 2.29. The summed E-state index contributed by atoms with van der Waals surface area (Å²) in [4.78, 5) is 25.6. The van der Waals surface area contributed by atoms with Crippen LogP contribution in [0.2, 0.25) is 0 Å². The number of morpholine rings is 1. The first-order chi connectivity index (χ1) is 18.0. The van der Waals surface area contributed by atoms with Crippen LogP contribution in [0, 0.1) is 6.92 Å². The topological polar surface area (TPSA) is 92.4 Å². The Hall–Kier alpha value is -4.17. The molecule has 2 N–H and O–H groups in total. The van der Waals surface area contributed by atoms with E-state index in [1.807, 2.05) is 31.2 Å². The van der Waals surface area contributed by atoms with Gasteiger partial charge in [-0.25, -0.2) is 9.97 Å². The molecule has 2 aromatic carbocycles. The molecule has 188 valence electrons.